The van der Waals surface area contributed by atoms with Crippen molar-refractivity contribution in [3.63, 3.8) is 0 Å². The Hall–Kier alpha value is -3.87. The van der Waals surface area contributed by atoms with Crippen LogP contribution < -0.4 is 5.32 Å². The fourth-order valence-electron chi connectivity index (χ4n) is 4.27. The highest BCUT2D eigenvalue weighted by Gasteiger charge is 2.28. The van der Waals surface area contributed by atoms with Gasteiger partial charge in [-0.3, -0.25) is 4.79 Å². The van der Waals surface area contributed by atoms with Crippen molar-refractivity contribution in [1.29, 1.82) is 0 Å². The van der Waals surface area contributed by atoms with Gasteiger partial charge in [0.1, 0.15) is 6.04 Å². The molecule has 0 aliphatic heterocycles. The highest BCUT2D eigenvalue weighted by molar-refractivity contribution is 5.85. The lowest BCUT2D eigenvalue weighted by Crippen LogP contribution is -2.51. The number of carboxylic acids is 2. The van der Waals surface area contributed by atoms with Crippen LogP contribution in [0.5, 0.6) is 0 Å². The number of rotatable bonds is 12. The van der Waals surface area contributed by atoms with E-state index in [0.717, 1.165) is 21.9 Å². The molecule has 0 spiro atoms. The van der Waals surface area contributed by atoms with E-state index >= 15 is 0 Å². The molecule has 2 atom stereocenters. The van der Waals surface area contributed by atoms with Crippen molar-refractivity contribution >= 4 is 28.7 Å². The molecular formula is C29H34N2O5. The van der Waals surface area contributed by atoms with Gasteiger partial charge < -0.3 is 20.4 Å². The van der Waals surface area contributed by atoms with Gasteiger partial charge in [0, 0.05) is 19.5 Å². The normalized spacial score (nSPS) is 12.8. The largest absolute Gasteiger partial charge is 0.481 e. The third-order valence-corrected chi connectivity index (χ3v) is 6.14. The summed E-state index contributed by atoms with van der Waals surface area (Å²) in [4.78, 5) is 38.6. The minimum Gasteiger partial charge on any atom is -0.481 e. The van der Waals surface area contributed by atoms with E-state index < -0.39 is 29.9 Å². The number of carbonyl (C=O) groups is 3. The number of urea groups is 1. The summed E-state index contributed by atoms with van der Waals surface area (Å²) in [6.45, 7) is 4.20. The standard InChI is InChI=1S/C29H34N2O5/c1-20(2)18-31(19-25(27(32)33)15-12-21-8-4-3-5-9-21)29(36)30-26(28(34)35)17-22-13-14-23-10-6-7-11-24(23)16-22/h3-11,13-14,16,20,25-26H,12,15,17-19H2,1-2H3,(H,30,36)(H,32,33)(H,34,35)/t25?,26-/m0/s1. The van der Waals surface area contributed by atoms with Crippen molar-refractivity contribution in [3.8, 4) is 0 Å². The maximum Gasteiger partial charge on any atom is 0.326 e. The van der Waals surface area contributed by atoms with Crippen LogP contribution in [0.15, 0.2) is 72.8 Å². The van der Waals surface area contributed by atoms with Crippen molar-refractivity contribution in [2.24, 2.45) is 11.8 Å². The molecule has 0 radical (unpaired) electrons. The summed E-state index contributed by atoms with van der Waals surface area (Å²) in [6, 6.07) is 21.4. The summed E-state index contributed by atoms with van der Waals surface area (Å²) in [5, 5.41) is 24.3. The molecule has 36 heavy (non-hydrogen) atoms. The monoisotopic (exact) mass is 490 g/mol. The highest BCUT2D eigenvalue weighted by atomic mass is 16.4. The minimum absolute atomic E-state index is 0.00843. The summed E-state index contributed by atoms with van der Waals surface area (Å²) in [6.07, 6.45) is 1.08. The number of aliphatic carboxylic acids is 2. The molecule has 0 aliphatic rings. The van der Waals surface area contributed by atoms with E-state index in [1.807, 2.05) is 86.6 Å². The van der Waals surface area contributed by atoms with E-state index in [1.165, 1.54) is 4.90 Å². The van der Waals surface area contributed by atoms with E-state index in [2.05, 4.69) is 5.32 Å². The first-order valence-electron chi connectivity index (χ1n) is 12.3. The predicted molar refractivity (Wildman–Crippen MR) is 140 cm³/mol. The van der Waals surface area contributed by atoms with Crippen LogP contribution in [-0.4, -0.2) is 52.2 Å². The molecule has 3 N–H and O–H groups in total. The van der Waals surface area contributed by atoms with Crippen LogP contribution in [0.2, 0.25) is 0 Å². The van der Waals surface area contributed by atoms with Crippen LogP contribution in [0.1, 0.15) is 31.4 Å². The Balaban J connectivity index is 1.70. The lowest BCUT2D eigenvalue weighted by atomic mass is 9.98. The van der Waals surface area contributed by atoms with Gasteiger partial charge in [-0.1, -0.05) is 86.6 Å². The fourth-order valence-corrected chi connectivity index (χ4v) is 4.27. The number of carboxylic acid groups (broad SMARTS) is 2. The molecule has 0 fully saturated rings. The number of hydrogen-bond donors (Lipinski definition) is 3. The zero-order valence-electron chi connectivity index (χ0n) is 20.8. The van der Waals surface area contributed by atoms with Gasteiger partial charge in [-0.15, -0.1) is 0 Å². The molecule has 7 nitrogen and oxygen atoms in total. The molecule has 190 valence electrons. The Morgan fingerprint density at radius 3 is 2.11 bits per heavy atom. The Bertz CT molecular complexity index is 1180. The van der Waals surface area contributed by atoms with E-state index in [0.29, 0.717) is 19.4 Å². The number of benzene rings is 3. The van der Waals surface area contributed by atoms with Crippen LogP contribution in [0.4, 0.5) is 4.79 Å². The number of amides is 2. The summed E-state index contributed by atoms with van der Waals surface area (Å²) in [5.41, 5.74) is 1.83. The summed E-state index contributed by atoms with van der Waals surface area (Å²) < 4.78 is 0. The van der Waals surface area contributed by atoms with Crippen molar-refractivity contribution < 1.29 is 24.6 Å². The Morgan fingerprint density at radius 1 is 0.806 bits per heavy atom. The fraction of sp³-hybridized carbons (Fsp3) is 0.345. The highest BCUT2D eigenvalue weighted by Crippen LogP contribution is 2.18. The maximum atomic E-state index is 13.2. The van der Waals surface area contributed by atoms with E-state index in [9.17, 15) is 24.6 Å². The summed E-state index contributed by atoms with van der Waals surface area (Å²) in [7, 11) is 0. The molecule has 0 aromatic heterocycles. The van der Waals surface area contributed by atoms with Gasteiger partial charge >= 0.3 is 18.0 Å². The molecule has 1 unspecified atom stereocenters. The van der Waals surface area contributed by atoms with Gasteiger partial charge in [0.05, 0.1) is 5.92 Å². The van der Waals surface area contributed by atoms with Gasteiger partial charge in [0.2, 0.25) is 0 Å². The Kier molecular flexibility index (Phi) is 9.45. The number of hydrogen-bond acceptors (Lipinski definition) is 3. The number of nitrogens with zero attached hydrogens (tertiary/aromatic N) is 1. The van der Waals surface area contributed by atoms with E-state index in [4.69, 9.17) is 0 Å². The first-order valence-corrected chi connectivity index (χ1v) is 12.3. The van der Waals surface area contributed by atoms with E-state index in [-0.39, 0.29) is 18.9 Å². The molecule has 0 bridgehead atoms. The quantitative estimate of drug-likeness (QED) is 0.337. The van der Waals surface area contributed by atoms with Gasteiger partial charge in [-0.2, -0.15) is 0 Å². The third-order valence-electron chi connectivity index (χ3n) is 6.14. The minimum atomic E-state index is -1.14. The molecule has 3 aromatic rings. The molecule has 0 saturated heterocycles. The molecule has 0 aliphatic carbocycles. The number of fused-ring (bicyclic) bond motifs is 1. The van der Waals surface area contributed by atoms with Crippen molar-refractivity contribution in [3.05, 3.63) is 83.9 Å². The van der Waals surface area contributed by atoms with Crippen molar-refractivity contribution in [2.75, 3.05) is 13.1 Å². The molecule has 0 saturated carbocycles. The predicted octanol–water partition coefficient (Wildman–Crippen LogP) is 4.84. The van der Waals surface area contributed by atoms with Crippen LogP contribution in [0.25, 0.3) is 10.8 Å². The zero-order chi connectivity index (χ0) is 26.1. The SMILES string of the molecule is CC(C)CN(CC(CCc1ccccc1)C(=O)O)C(=O)N[C@@H](Cc1ccc2ccccc2c1)C(=O)O. The second-order valence-corrected chi connectivity index (χ2v) is 9.58. The number of aryl methyl sites for hydroxylation is 1. The average Bonchev–Trinajstić information content (AvgIpc) is 2.85. The van der Waals surface area contributed by atoms with Crippen LogP contribution >= 0.6 is 0 Å². The second-order valence-electron chi connectivity index (χ2n) is 9.58. The van der Waals surface area contributed by atoms with Crippen LogP contribution in [0.3, 0.4) is 0 Å². The van der Waals surface area contributed by atoms with Crippen LogP contribution in [-0.2, 0) is 22.4 Å². The van der Waals surface area contributed by atoms with Gasteiger partial charge in [-0.05, 0) is 40.7 Å². The lowest BCUT2D eigenvalue weighted by molar-refractivity contribution is -0.142. The number of carbonyl (C=O) groups excluding carboxylic acids is 1. The molecule has 0 heterocycles. The Labute approximate surface area is 211 Å². The first kappa shape index (κ1) is 26.7. The molecular weight excluding hydrogens is 456 g/mol. The average molecular weight is 491 g/mol. The van der Waals surface area contributed by atoms with Gasteiger partial charge in [-0.25, -0.2) is 9.59 Å². The summed E-state index contributed by atoms with van der Waals surface area (Å²) >= 11 is 0. The maximum absolute atomic E-state index is 13.2. The van der Waals surface area contributed by atoms with Crippen LogP contribution in [0, 0.1) is 11.8 Å². The lowest BCUT2D eigenvalue weighted by Gasteiger charge is -2.29. The summed E-state index contributed by atoms with van der Waals surface area (Å²) in [5.74, 6) is -2.79. The van der Waals surface area contributed by atoms with Crippen molar-refractivity contribution in [1.82, 2.24) is 10.2 Å². The van der Waals surface area contributed by atoms with Gasteiger partial charge in [0.25, 0.3) is 0 Å². The Morgan fingerprint density at radius 2 is 1.47 bits per heavy atom. The second kappa shape index (κ2) is 12.7. The number of nitrogens with one attached hydrogen (secondary N) is 1. The molecule has 7 heteroatoms. The third kappa shape index (κ3) is 7.83. The zero-order valence-corrected chi connectivity index (χ0v) is 20.8. The molecule has 3 rings (SSSR count). The topological polar surface area (TPSA) is 107 Å². The van der Waals surface area contributed by atoms with Crippen molar-refractivity contribution in [2.45, 2.75) is 39.2 Å². The molecule has 2 amide bonds. The first-order chi connectivity index (χ1) is 17.2. The van der Waals surface area contributed by atoms with E-state index in [1.54, 1.807) is 0 Å². The van der Waals surface area contributed by atoms with Gasteiger partial charge in [0.15, 0.2) is 0 Å². The molecule has 3 aromatic carbocycles. The smallest absolute Gasteiger partial charge is 0.326 e.